The molecule has 4 aromatic carbocycles. The van der Waals surface area contributed by atoms with Gasteiger partial charge in [0.25, 0.3) is 11.4 Å². The van der Waals surface area contributed by atoms with Crippen LogP contribution in [-0.4, -0.2) is 16.5 Å². The summed E-state index contributed by atoms with van der Waals surface area (Å²) in [5.74, 6) is 12.7. The number of nitrogens with zero attached hydrogens (tertiary/aromatic N) is 4. The van der Waals surface area contributed by atoms with Crippen LogP contribution < -0.4 is 9.80 Å². The molecule has 0 saturated carbocycles. The summed E-state index contributed by atoms with van der Waals surface area (Å²) < 4.78 is 0. The second kappa shape index (κ2) is 10.2. The van der Waals surface area contributed by atoms with Gasteiger partial charge in [-0.15, -0.1) is 0 Å². The smallest absolute Gasteiger partial charge is 0.269 e. The van der Waals surface area contributed by atoms with Gasteiger partial charge in [-0.1, -0.05) is 23.7 Å². The minimum Gasteiger partial charge on any atom is -0.349 e. The van der Waals surface area contributed by atoms with E-state index < -0.39 is 9.85 Å². The number of hydrogen-bond donors (Lipinski definition) is 0. The third kappa shape index (κ3) is 5.07. The van der Waals surface area contributed by atoms with E-state index in [-0.39, 0.29) is 11.4 Å². The Kier molecular flexibility index (Phi) is 6.37. The van der Waals surface area contributed by atoms with E-state index in [0.717, 1.165) is 53.1 Å². The van der Waals surface area contributed by atoms with Crippen LogP contribution in [0.15, 0.2) is 72.8 Å². The van der Waals surface area contributed by atoms with Gasteiger partial charge < -0.3 is 9.80 Å². The highest BCUT2D eigenvalue weighted by Crippen LogP contribution is 2.41. The van der Waals surface area contributed by atoms with Crippen LogP contribution in [0.2, 0.25) is 0 Å². The van der Waals surface area contributed by atoms with E-state index in [1.807, 2.05) is 0 Å². The van der Waals surface area contributed by atoms with Crippen LogP contribution in [0.3, 0.4) is 0 Å². The zero-order chi connectivity index (χ0) is 28.7. The highest BCUT2D eigenvalue weighted by Gasteiger charge is 2.31. The SMILES string of the molecule is Cc1cc(C#Cc2ccc([N+](=O)[O-])cc2)cc2c1N1Cc3cc(C#Cc4ccc([N+](=O)[O-])cc4)cc(C)c3N(C2)C1. The molecule has 8 heteroatoms. The van der Waals surface area contributed by atoms with Gasteiger partial charge in [-0.25, -0.2) is 0 Å². The first kappa shape index (κ1) is 25.7. The summed E-state index contributed by atoms with van der Waals surface area (Å²) in [5.41, 5.74) is 10.6. The van der Waals surface area contributed by atoms with Gasteiger partial charge in [0.15, 0.2) is 0 Å². The Morgan fingerprint density at radius 3 is 1.32 bits per heavy atom. The summed E-state index contributed by atoms with van der Waals surface area (Å²) in [5, 5.41) is 21.8. The highest BCUT2D eigenvalue weighted by molar-refractivity contribution is 5.74. The summed E-state index contributed by atoms with van der Waals surface area (Å²) >= 11 is 0. The third-order valence-corrected chi connectivity index (χ3v) is 7.31. The molecular formula is C33H24N4O4. The molecule has 2 heterocycles. The molecule has 0 saturated heterocycles. The van der Waals surface area contributed by atoms with Crippen molar-refractivity contribution in [3.05, 3.63) is 138 Å². The number of aryl methyl sites for hydroxylation is 2. The van der Waals surface area contributed by atoms with Crippen LogP contribution in [0.4, 0.5) is 22.7 Å². The van der Waals surface area contributed by atoms with Crippen molar-refractivity contribution in [2.45, 2.75) is 26.9 Å². The van der Waals surface area contributed by atoms with Gasteiger partial charge >= 0.3 is 0 Å². The molecule has 2 aliphatic heterocycles. The lowest BCUT2D eigenvalue weighted by molar-refractivity contribution is -0.385. The van der Waals surface area contributed by atoms with Crippen LogP contribution in [0.1, 0.15) is 44.5 Å². The van der Waals surface area contributed by atoms with E-state index in [9.17, 15) is 20.2 Å². The van der Waals surface area contributed by atoms with Gasteiger partial charge in [-0.3, -0.25) is 20.2 Å². The maximum absolute atomic E-state index is 10.9. The number of rotatable bonds is 2. The Morgan fingerprint density at radius 1 is 0.585 bits per heavy atom. The Hall–Kier alpha value is -5.60. The van der Waals surface area contributed by atoms with E-state index >= 15 is 0 Å². The number of nitro groups is 2. The molecule has 0 N–H and O–H groups in total. The zero-order valence-corrected chi connectivity index (χ0v) is 22.5. The van der Waals surface area contributed by atoms with Gasteiger partial charge in [0.2, 0.25) is 0 Å². The molecule has 2 bridgehead atoms. The van der Waals surface area contributed by atoms with Crippen molar-refractivity contribution in [3.8, 4) is 23.7 Å². The van der Waals surface area contributed by atoms with Crippen molar-refractivity contribution in [2.75, 3.05) is 16.5 Å². The third-order valence-electron chi connectivity index (χ3n) is 7.31. The Bertz CT molecular complexity index is 1720. The summed E-state index contributed by atoms with van der Waals surface area (Å²) in [6.45, 7) is 6.56. The van der Waals surface area contributed by atoms with Crippen LogP contribution in [0.25, 0.3) is 0 Å². The minimum atomic E-state index is -0.415. The summed E-state index contributed by atoms with van der Waals surface area (Å²) in [6.07, 6.45) is 0. The number of benzene rings is 4. The van der Waals surface area contributed by atoms with Crippen molar-refractivity contribution in [3.63, 3.8) is 0 Å². The quantitative estimate of drug-likeness (QED) is 0.170. The molecule has 6 rings (SSSR count). The zero-order valence-electron chi connectivity index (χ0n) is 22.5. The molecular weight excluding hydrogens is 516 g/mol. The van der Waals surface area contributed by atoms with Crippen molar-refractivity contribution >= 4 is 22.7 Å². The number of anilines is 2. The lowest BCUT2D eigenvalue weighted by Gasteiger charge is -2.46. The van der Waals surface area contributed by atoms with E-state index in [0.29, 0.717) is 0 Å². The lowest BCUT2D eigenvalue weighted by atomic mass is 9.94. The van der Waals surface area contributed by atoms with Crippen molar-refractivity contribution in [2.24, 2.45) is 0 Å². The van der Waals surface area contributed by atoms with Gasteiger partial charge in [0.05, 0.1) is 16.5 Å². The summed E-state index contributed by atoms with van der Waals surface area (Å²) in [4.78, 5) is 25.8. The topological polar surface area (TPSA) is 92.8 Å². The van der Waals surface area contributed by atoms with Crippen molar-refractivity contribution in [1.82, 2.24) is 0 Å². The molecule has 0 unspecified atom stereocenters. The predicted molar refractivity (Wildman–Crippen MR) is 158 cm³/mol. The summed E-state index contributed by atoms with van der Waals surface area (Å²) in [6, 6.07) is 21.0. The van der Waals surface area contributed by atoms with Crippen molar-refractivity contribution in [1.29, 1.82) is 0 Å². The molecule has 41 heavy (non-hydrogen) atoms. The van der Waals surface area contributed by atoms with Gasteiger partial charge in [-0.2, -0.15) is 0 Å². The molecule has 0 spiro atoms. The van der Waals surface area contributed by atoms with Gasteiger partial charge in [-0.05, 0) is 84.6 Å². The second-order valence-electron chi connectivity index (χ2n) is 10.2. The first-order chi connectivity index (χ1) is 19.7. The molecule has 0 radical (unpaired) electrons. The predicted octanol–water partition coefficient (Wildman–Crippen LogP) is 6.22. The second-order valence-corrected chi connectivity index (χ2v) is 10.2. The maximum Gasteiger partial charge on any atom is 0.269 e. The number of fused-ring (bicyclic) bond motifs is 6. The van der Waals surface area contributed by atoms with Crippen LogP contribution in [-0.2, 0) is 13.1 Å². The van der Waals surface area contributed by atoms with E-state index in [4.69, 9.17) is 0 Å². The first-order valence-corrected chi connectivity index (χ1v) is 13.0. The Labute approximate surface area is 237 Å². The molecule has 0 amide bonds. The first-order valence-electron chi connectivity index (χ1n) is 13.0. The molecule has 8 nitrogen and oxygen atoms in total. The minimum absolute atomic E-state index is 0.0500. The van der Waals surface area contributed by atoms with E-state index in [1.165, 1.54) is 46.8 Å². The van der Waals surface area contributed by atoms with Crippen molar-refractivity contribution < 1.29 is 9.85 Å². The fourth-order valence-corrected chi connectivity index (χ4v) is 5.63. The lowest BCUT2D eigenvalue weighted by Crippen LogP contribution is -2.46. The normalized spacial score (nSPS) is 12.7. The average molecular weight is 541 g/mol. The molecule has 0 atom stereocenters. The van der Waals surface area contributed by atoms with E-state index in [1.54, 1.807) is 24.3 Å². The van der Waals surface area contributed by atoms with E-state index in [2.05, 4.69) is 71.6 Å². The summed E-state index contributed by atoms with van der Waals surface area (Å²) in [7, 11) is 0. The number of nitro benzene ring substituents is 2. The molecule has 0 fully saturated rings. The standard InChI is InChI=1S/C33H24N4O4/c1-22-15-26(5-3-24-7-11-30(12-8-24)36(38)39)17-28-19-35-21-34(32(22)28)20-29-18-27(16-23(2)33(29)35)6-4-25-9-13-31(14-10-25)37(40)41/h7-18H,19-21H2,1-2H3. The van der Waals surface area contributed by atoms with Crippen LogP contribution in [0.5, 0.6) is 0 Å². The monoisotopic (exact) mass is 540 g/mol. The molecule has 4 aromatic rings. The molecule has 2 aliphatic rings. The fraction of sp³-hybridized carbons (Fsp3) is 0.152. The Morgan fingerprint density at radius 2 is 0.951 bits per heavy atom. The largest absolute Gasteiger partial charge is 0.349 e. The van der Waals surface area contributed by atoms with Crippen LogP contribution >= 0.6 is 0 Å². The highest BCUT2D eigenvalue weighted by atomic mass is 16.6. The average Bonchev–Trinajstić information content (AvgIpc) is 2.94. The number of hydrogen-bond acceptors (Lipinski definition) is 6. The number of non-ortho nitro benzene ring substituents is 2. The maximum atomic E-state index is 10.9. The van der Waals surface area contributed by atoms with Crippen LogP contribution in [0, 0.1) is 57.8 Å². The fourth-order valence-electron chi connectivity index (χ4n) is 5.63. The Balaban J connectivity index is 1.26. The van der Waals surface area contributed by atoms with Gasteiger partial charge in [0.1, 0.15) is 0 Å². The molecule has 0 aliphatic carbocycles. The molecule has 200 valence electrons. The van der Waals surface area contributed by atoms with Gasteiger partial charge in [0, 0.05) is 71.0 Å². The molecule has 0 aromatic heterocycles.